The van der Waals surface area contributed by atoms with Gasteiger partial charge in [0.15, 0.2) is 0 Å². The Hall–Kier alpha value is -3.14. The van der Waals surface area contributed by atoms with Gasteiger partial charge in [-0.15, -0.1) is 0 Å². The van der Waals surface area contributed by atoms with Crippen molar-refractivity contribution in [2.75, 3.05) is 17.7 Å². The van der Waals surface area contributed by atoms with Gasteiger partial charge in [0.1, 0.15) is 11.6 Å². The lowest BCUT2D eigenvalue weighted by Gasteiger charge is -2.08. The molecule has 0 unspecified atom stereocenters. The van der Waals surface area contributed by atoms with Crippen LogP contribution in [0.15, 0.2) is 36.4 Å². The van der Waals surface area contributed by atoms with Crippen molar-refractivity contribution in [2.45, 2.75) is 6.54 Å². The van der Waals surface area contributed by atoms with Gasteiger partial charge >= 0.3 is 0 Å². The summed E-state index contributed by atoms with van der Waals surface area (Å²) in [6.07, 6.45) is 0. The van der Waals surface area contributed by atoms with Crippen molar-refractivity contribution in [1.82, 2.24) is 4.98 Å². The first kappa shape index (κ1) is 14.3. The number of nitro groups is 1. The summed E-state index contributed by atoms with van der Waals surface area (Å²) < 4.78 is 0. The molecule has 0 spiro atoms. The Kier molecular flexibility index (Phi) is 4.31. The predicted octanol–water partition coefficient (Wildman–Crippen LogP) is 2.52. The largest absolute Gasteiger partial charge is 0.373 e. The summed E-state index contributed by atoms with van der Waals surface area (Å²) in [7, 11) is 1.65. The third-order valence-corrected chi connectivity index (χ3v) is 2.83. The SMILES string of the molecule is CNc1cc([N+](=O)[O-])cc(NCc2ccc(C#N)cc2)n1. The second-order valence-corrected chi connectivity index (χ2v) is 4.27. The topological polar surface area (TPSA) is 104 Å². The number of pyridine rings is 1. The van der Waals surface area contributed by atoms with Crippen LogP contribution in [0, 0.1) is 21.4 Å². The van der Waals surface area contributed by atoms with E-state index in [1.54, 1.807) is 19.2 Å². The quantitative estimate of drug-likeness (QED) is 0.645. The summed E-state index contributed by atoms with van der Waals surface area (Å²) in [4.78, 5) is 14.6. The predicted molar refractivity (Wildman–Crippen MR) is 78.9 cm³/mol. The molecule has 0 fully saturated rings. The van der Waals surface area contributed by atoms with E-state index in [9.17, 15) is 10.1 Å². The summed E-state index contributed by atoms with van der Waals surface area (Å²) in [5.74, 6) is 0.837. The fourth-order valence-electron chi connectivity index (χ4n) is 1.73. The van der Waals surface area contributed by atoms with Crippen molar-refractivity contribution in [3.8, 4) is 6.07 Å². The maximum Gasteiger partial charge on any atom is 0.276 e. The second-order valence-electron chi connectivity index (χ2n) is 4.27. The molecule has 7 heteroatoms. The lowest BCUT2D eigenvalue weighted by Crippen LogP contribution is -2.04. The van der Waals surface area contributed by atoms with Gasteiger partial charge in [0.25, 0.3) is 5.69 Å². The summed E-state index contributed by atoms with van der Waals surface area (Å²) in [5, 5.41) is 25.4. The Balaban J connectivity index is 2.13. The number of hydrogen-bond acceptors (Lipinski definition) is 6. The molecule has 1 heterocycles. The molecular weight excluding hydrogens is 270 g/mol. The average molecular weight is 283 g/mol. The smallest absolute Gasteiger partial charge is 0.276 e. The van der Waals surface area contributed by atoms with Gasteiger partial charge < -0.3 is 10.6 Å². The van der Waals surface area contributed by atoms with Crippen LogP contribution in [0.4, 0.5) is 17.3 Å². The zero-order chi connectivity index (χ0) is 15.2. The van der Waals surface area contributed by atoms with Gasteiger partial charge in [0.2, 0.25) is 0 Å². The molecule has 0 saturated heterocycles. The Morgan fingerprint density at radius 3 is 2.52 bits per heavy atom. The molecule has 2 aromatic rings. The standard InChI is InChI=1S/C14H13N5O2/c1-16-13-6-12(19(20)21)7-14(18-13)17-9-11-4-2-10(8-15)3-5-11/h2-7H,9H2,1H3,(H2,16,17,18). The van der Waals surface area contributed by atoms with E-state index in [1.165, 1.54) is 12.1 Å². The van der Waals surface area contributed by atoms with Crippen LogP contribution in [-0.2, 0) is 6.54 Å². The van der Waals surface area contributed by atoms with E-state index in [-0.39, 0.29) is 5.69 Å². The highest BCUT2D eigenvalue weighted by Crippen LogP contribution is 2.20. The molecule has 0 aliphatic carbocycles. The molecule has 1 aromatic heterocycles. The molecule has 2 N–H and O–H groups in total. The molecule has 7 nitrogen and oxygen atoms in total. The van der Waals surface area contributed by atoms with Gasteiger partial charge in [0.05, 0.1) is 28.7 Å². The fraction of sp³-hybridized carbons (Fsp3) is 0.143. The van der Waals surface area contributed by atoms with Crippen molar-refractivity contribution >= 4 is 17.3 Å². The van der Waals surface area contributed by atoms with E-state index in [0.717, 1.165) is 5.56 Å². The van der Waals surface area contributed by atoms with Gasteiger partial charge in [-0.2, -0.15) is 5.26 Å². The number of rotatable bonds is 5. The Labute approximate surface area is 121 Å². The zero-order valence-electron chi connectivity index (χ0n) is 11.3. The molecular formula is C14H13N5O2. The third-order valence-electron chi connectivity index (χ3n) is 2.83. The Bertz CT molecular complexity index is 692. The van der Waals surface area contributed by atoms with Crippen molar-refractivity contribution in [1.29, 1.82) is 5.26 Å². The third kappa shape index (κ3) is 3.67. The first-order valence-corrected chi connectivity index (χ1v) is 6.19. The molecule has 0 radical (unpaired) electrons. The van der Waals surface area contributed by atoms with Gasteiger partial charge in [-0.3, -0.25) is 10.1 Å². The molecule has 0 bridgehead atoms. The minimum atomic E-state index is -0.463. The number of aromatic nitrogens is 1. The lowest BCUT2D eigenvalue weighted by molar-refractivity contribution is -0.384. The Morgan fingerprint density at radius 1 is 1.29 bits per heavy atom. The highest BCUT2D eigenvalue weighted by Gasteiger charge is 2.10. The van der Waals surface area contributed by atoms with Crippen LogP contribution in [0.3, 0.4) is 0 Å². The number of nitrogens with one attached hydrogen (secondary N) is 2. The van der Waals surface area contributed by atoms with Crippen LogP contribution in [0.2, 0.25) is 0 Å². The minimum absolute atomic E-state index is 0.0309. The van der Waals surface area contributed by atoms with Crippen LogP contribution in [-0.4, -0.2) is 17.0 Å². The van der Waals surface area contributed by atoms with Crippen molar-refractivity contribution in [2.24, 2.45) is 0 Å². The number of hydrogen-bond donors (Lipinski definition) is 2. The highest BCUT2D eigenvalue weighted by atomic mass is 16.6. The summed E-state index contributed by atoms with van der Waals surface area (Å²) >= 11 is 0. The maximum absolute atomic E-state index is 10.9. The number of benzene rings is 1. The molecule has 0 amide bonds. The van der Waals surface area contributed by atoms with Crippen molar-refractivity contribution in [3.05, 3.63) is 57.6 Å². The second kappa shape index (κ2) is 6.34. The van der Waals surface area contributed by atoms with Gasteiger partial charge in [-0.1, -0.05) is 12.1 Å². The molecule has 106 valence electrons. The Morgan fingerprint density at radius 2 is 1.95 bits per heavy atom. The van der Waals surface area contributed by atoms with Crippen LogP contribution >= 0.6 is 0 Å². The fourth-order valence-corrected chi connectivity index (χ4v) is 1.73. The van der Waals surface area contributed by atoms with Crippen LogP contribution < -0.4 is 10.6 Å². The maximum atomic E-state index is 10.9. The van der Waals surface area contributed by atoms with E-state index in [0.29, 0.717) is 23.7 Å². The number of anilines is 2. The van der Waals surface area contributed by atoms with E-state index < -0.39 is 4.92 Å². The number of nitrogens with zero attached hydrogens (tertiary/aromatic N) is 3. The average Bonchev–Trinajstić information content (AvgIpc) is 2.53. The summed E-state index contributed by atoms with van der Waals surface area (Å²) in [6, 6.07) is 11.9. The van der Waals surface area contributed by atoms with E-state index >= 15 is 0 Å². The monoisotopic (exact) mass is 283 g/mol. The van der Waals surface area contributed by atoms with Crippen LogP contribution in [0.5, 0.6) is 0 Å². The summed E-state index contributed by atoms with van der Waals surface area (Å²) in [6.45, 7) is 0.461. The van der Waals surface area contributed by atoms with Gasteiger partial charge in [-0.25, -0.2) is 4.98 Å². The first-order valence-electron chi connectivity index (χ1n) is 6.19. The summed E-state index contributed by atoms with van der Waals surface area (Å²) in [5.41, 5.74) is 1.51. The molecule has 21 heavy (non-hydrogen) atoms. The normalized spacial score (nSPS) is 9.71. The molecule has 0 aliphatic rings. The van der Waals surface area contributed by atoms with Gasteiger partial charge in [-0.05, 0) is 17.7 Å². The van der Waals surface area contributed by atoms with Gasteiger partial charge in [0, 0.05) is 13.6 Å². The molecule has 1 aromatic carbocycles. The minimum Gasteiger partial charge on any atom is -0.373 e. The number of nitriles is 1. The van der Waals surface area contributed by atoms with Crippen molar-refractivity contribution in [3.63, 3.8) is 0 Å². The van der Waals surface area contributed by atoms with Crippen LogP contribution in [0.25, 0.3) is 0 Å². The van der Waals surface area contributed by atoms with E-state index in [4.69, 9.17) is 5.26 Å². The van der Waals surface area contributed by atoms with E-state index in [2.05, 4.69) is 15.6 Å². The zero-order valence-corrected chi connectivity index (χ0v) is 11.3. The molecule has 0 saturated carbocycles. The van der Waals surface area contributed by atoms with Crippen molar-refractivity contribution < 1.29 is 4.92 Å². The van der Waals surface area contributed by atoms with E-state index in [1.807, 2.05) is 18.2 Å². The molecule has 0 aliphatic heterocycles. The first-order chi connectivity index (χ1) is 10.1. The molecule has 0 atom stereocenters. The van der Waals surface area contributed by atoms with Crippen LogP contribution in [0.1, 0.15) is 11.1 Å². The molecule has 2 rings (SSSR count). The highest BCUT2D eigenvalue weighted by molar-refractivity contribution is 5.54. The lowest BCUT2D eigenvalue weighted by atomic mass is 10.1.